The van der Waals surface area contributed by atoms with Crippen molar-refractivity contribution in [2.45, 2.75) is 25.5 Å². The zero-order valence-electron chi connectivity index (χ0n) is 13.5. The van der Waals surface area contributed by atoms with Crippen LogP contribution in [0.4, 0.5) is 5.69 Å². The first-order chi connectivity index (χ1) is 11.7. The summed E-state index contributed by atoms with van der Waals surface area (Å²) in [6, 6.07) is 12.9. The molecule has 4 heteroatoms. The highest BCUT2D eigenvalue weighted by Gasteiger charge is 2.42. The van der Waals surface area contributed by atoms with Crippen LogP contribution >= 0.6 is 11.6 Å². The van der Waals surface area contributed by atoms with Crippen molar-refractivity contribution in [1.29, 1.82) is 0 Å². The highest BCUT2D eigenvalue weighted by Crippen LogP contribution is 2.51. The van der Waals surface area contributed by atoms with E-state index < -0.39 is 0 Å². The molecule has 2 N–H and O–H groups in total. The van der Waals surface area contributed by atoms with Crippen molar-refractivity contribution in [3.8, 4) is 0 Å². The molecular formula is C20H19ClN2O. The van der Waals surface area contributed by atoms with Gasteiger partial charge in [-0.25, -0.2) is 0 Å². The number of rotatable bonds is 1. The SMILES string of the molecule is Cc1ccc2[nH]cc([C@H]3Nc4ccc(Cl)cc4[C@H]4OCC[C@@H]34)c2c1. The van der Waals surface area contributed by atoms with Crippen molar-refractivity contribution in [3.63, 3.8) is 0 Å². The Hall–Kier alpha value is -1.97. The van der Waals surface area contributed by atoms with Gasteiger partial charge in [-0.2, -0.15) is 0 Å². The minimum Gasteiger partial charge on any atom is -0.377 e. The molecule has 3 nitrogen and oxygen atoms in total. The summed E-state index contributed by atoms with van der Waals surface area (Å²) < 4.78 is 6.09. The topological polar surface area (TPSA) is 37.0 Å². The van der Waals surface area contributed by atoms with E-state index in [1.54, 1.807) is 0 Å². The predicted octanol–water partition coefficient (Wildman–Crippen LogP) is 5.37. The van der Waals surface area contributed by atoms with Crippen LogP contribution in [0, 0.1) is 12.8 Å². The van der Waals surface area contributed by atoms with Crippen LogP contribution in [0.25, 0.3) is 10.9 Å². The van der Waals surface area contributed by atoms with Gasteiger partial charge >= 0.3 is 0 Å². The highest BCUT2D eigenvalue weighted by atomic mass is 35.5. The predicted molar refractivity (Wildman–Crippen MR) is 97.7 cm³/mol. The number of H-pyrrole nitrogens is 1. The van der Waals surface area contributed by atoms with E-state index in [9.17, 15) is 0 Å². The van der Waals surface area contributed by atoms with E-state index in [0.29, 0.717) is 5.92 Å². The molecule has 0 aliphatic carbocycles. The molecule has 1 saturated heterocycles. The van der Waals surface area contributed by atoms with E-state index in [4.69, 9.17) is 16.3 Å². The number of aromatic nitrogens is 1. The molecule has 3 atom stereocenters. The van der Waals surface area contributed by atoms with Gasteiger partial charge in [-0.15, -0.1) is 0 Å². The van der Waals surface area contributed by atoms with Crippen LogP contribution in [0.5, 0.6) is 0 Å². The van der Waals surface area contributed by atoms with Crippen LogP contribution in [0.2, 0.25) is 5.02 Å². The number of hydrogen-bond donors (Lipinski definition) is 2. The number of ether oxygens (including phenoxy) is 1. The van der Waals surface area contributed by atoms with Crippen molar-refractivity contribution < 1.29 is 4.74 Å². The third-order valence-electron chi connectivity index (χ3n) is 5.40. The Balaban J connectivity index is 1.65. The maximum atomic E-state index is 6.21. The Labute approximate surface area is 146 Å². The molecule has 3 heterocycles. The number of aryl methyl sites for hydroxylation is 1. The maximum absolute atomic E-state index is 6.21. The molecule has 0 saturated carbocycles. The minimum atomic E-state index is 0.125. The largest absolute Gasteiger partial charge is 0.377 e. The number of benzene rings is 2. The Morgan fingerprint density at radius 1 is 1.12 bits per heavy atom. The number of nitrogens with one attached hydrogen (secondary N) is 2. The summed E-state index contributed by atoms with van der Waals surface area (Å²) in [5.41, 5.74) is 6.13. The van der Waals surface area contributed by atoms with Crippen LogP contribution in [-0.2, 0) is 4.74 Å². The molecular weight excluding hydrogens is 320 g/mol. The first kappa shape index (κ1) is 14.4. The van der Waals surface area contributed by atoms with Crippen LogP contribution in [-0.4, -0.2) is 11.6 Å². The van der Waals surface area contributed by atoms with Gasteiger partial charge < -0.3 is 15.0 Å². The van der Waals surface area contributed by atoms with Gasteiger partial charge in [-0.05, 0) is 49.2 Å². The van der Waals surface area contributed by atoms with Gasteiger partial charge in [-0.1, -0.05) is 23.2 Å². The Kier molecular flexibility index (Phi) is 3.15. The molecule has 2 aliphatic rings. The minimum absolute atomic E-state index is 0.125. The zero-order valence-corrected chi connectivity index (χ0v) is 14.2. The molecule has 122 valence electrons. The smallest absolute Gasteiger partial charge is 0.0897 e. The molecule has 0 unspecified atom stereocenters. The molecule has 24 heavy (non-hydrogen) atoms. The number of hydrogen-bond acceptors (Lipinski definition) is 2. The van der Waals surface area contributed by atoms with Crippen molar-refractivity contribution in [3.05, 3.63) is 64.3 Å². The van der Waals surface area contributed by atoms with E-state index in [0.717, 1.165) is 23.7 Å². The van der Waals surface area contributed by atoms with Gasteiger partial charge in [0.2, 0.25) is 0 Å². The number of halogens is 1. The quantitative estimate of drug-likeness (QED) is 0.625. The molecule has 5 rings (SSSR count). The number of aromatic amines is 1. The highest BCUT2D eigenvalue weighted by molar-refractivity contribution is 6.30. The van der Waals surface area contributed by atoms with Crippen LogP contribution < -0.4 is 5.32 Å². The Morgan fingerprint density at radius 3 is 2.96 bits per heavy atom. The van der Waals surface area contributed by atoms with E-state index in [-0.39, 0.29) is 12.1 Å². The summed E-state index contributed by atoms with van der Waals surface area (Å²) in [6.45, 7) is 2.95. The van der Waals surface area contributed by atoms with Crippen LogP contribution in [0.1, 0.15) is 35.3 Å². The van der Waals surface area contributed by atoms with Gasteiger partial charge in [0.1, 0.15) is 0 Å². The normalized spacial score (nSPS) is 25.3. The second-order valence-corrected chi connectivity index (χ2v) is 7.33. The van der Waals surface area contributed by atoms with Gasteiger partial charge in [0.05, 0.1) is 12.1 Å². The van der Waals surface area contributed by atoms with Crippen LogP contribution in [0.15, 0.2) is 42.6 Å². The molecule has 3 aromatic rings. The fraction of sp³-hybridized carbons (Fsp3) is 0.300. The van der Waals surface area contributed by atoms with Crippen molar-refractivity contribution in [2.24, 2.45) is 5.92 Å². The Morgan fingerprint density at radius 2 is 2.04 bits per heavy atom. The fourth-order valence-electron chi connectivity index (χ4n) is 4.26. The molecule has 0 bridgehead atoms. The van der Waals surface area contributed by atoms with Gasteiger partial charge in [0.25, 0.3) is 0 Å². The van der Waals surface area contributed by atoms with Crippen molar-refractivity contribution in [2.75, 3.05) is 11.9 Å². The van der Waals surface area contributed by atoms with Crippen molar-refractivity contribution in [1.82, 2.24) is 4.98 Å². The van der Waals surface area contributed by atoms with E-state index >= 15 is 0 Å². The average Bonchev–Trinajstić information content (AvgIpc) is 3.21. The summed E-state index contributed by atoms with van der Waals surface area (Å²) in [5.74, 6) is 0.426. The van der Waals surface area contributed by atoms with Crippen LogP contribution in [0.3, 0.4) is 0 Å². The third-order valence-corrected chi connectivity index (χ3v) is 5.64. The molecule has 0 spiro atoms. The second kappa shape index (κ2) is 5.27. The average molecular weight is 339 g/mol. The zero-order chi connectivity index (χ0) is 16.3. The first-order valence-electron chi connectivity index (χ1n) is 8.46. The summed E-state index contributed by atoms with van der Waals surface area (Å²) in [6.07, 6.45) is 3.34. The lowest BCUT2D eigenvalue weighted by atomic mass is 9.81. The molecule has 2 aliphatic heterocycles. The monoisotopic (exact) mass is 338 g/mol. The Bertz CT molecular complexity index is 933. The van der Waals surface area contributed by atoms with Crippen molar-refractivity contribution >= 4 is 28.2 Å². The summed E-state index contributed by atoms with van der Waals surface area (Å²) in [5, 5.41) is 5.82. The summed E-state index contributed by atoms with van der Waals surface area (Å²) in [7, 11) is 0. The molecule has 1 fully saturated rings. The lowest BCUT2D eigenvalue weighted by molar-refractivity contribution is 0.0830. The third kappa shape index (κ3) is 2.08. The lowest BCUT2D eigenvalue weighted by Crippen LogP contribution is -2.29. The first-order valence-corrected chi connectivity index (χ1v) is 8.84. The van der Waals surface area contributed by atoms with Gasteiger partial charge in [-0.3, -0.25) is 0 Å². The maximum Gasteiger partial charge on any atom is 0.0897 e. The fourth-order valence-corrected chi connectivity index (χ4v) is 4.45. The second-order valence-electron chi connectivity index (χ2n) is 6.89. The van der Waals surface area contributed by atoms with E-state index in [2.05, 4.69) is 47.7 Å². The lowest BCUT2D eigenvalue weighted by Gasteiger charge is -2.36. The van der Waals surface area contributed by atoms with E-state index in [1.807, 2.05) is 12.1 Å². The molecule has 2 aromatic carbocycles. The van der Waals surface area contributed by atoms with E-state index in [1.165, 1.54) is 27.6 Å². The number of anilines is 1. The molecule has 0 amide bonds. The van der Waals surface area contributed by atoms with Gasteiger partial charge in [0, 0.05) is 45.9 Å². The summed E-state index contributed by atoms with van der Waals surface area (Å²) in [4.78, 5) is 3.42. The standard InChI is InChI=1S/C20H19ClN2O/c1-11-2-4-17-14(8-11)16(10-22-17)19-13-6-7-24-20(13)15-9-12(21)3-5-18(15)23-19/h2-5,8-10,13,19-20,22-23H,6-7H2,1H3/t13-,19-,20-/m0/s1. The number of fused-ring (bicyclic) bond motifs is 4. The van der Waals surface area contributed by atoms with Gasteiger partial charge in [0.15, 0.2) is 0 Å². The molecule has 0 radical (unpaired) electrons. The molecule has 1 aromatic heterocycles. The summed E-state index contributed by atoms with van der Waals surface area (Å²) >= 11 is 6.21.